The van der Waals surface area contributed by atoms with Gasteiger partial charge in [-0.3, -0.25) is 0 Å². The molecule has 47 heavy (non-hydrogen) atoms. The summed E-state index contributed by atoms with van der Waals surface area (Å²) in [7, 11) is 0. The Morgan fingerprint density at radius 3 is 2.21 bits per heavy atom. The molecule has 6 rings (SSSR count). The molecule has 1 aromatic heterocycles. The standard InChI is InChI=1S/C37H39F2N3O5/c1-36(2,3)47-35(43)41-20-19-29(37(38,39)25-41)28-15-10-16-30-33(28)44-22-21-42(30)31-17-18-32(45-23-26-11-6-4-7-12-26)40-34(31)46-24-27-13-8-5-9-14-27/h4-18,29H,19-25H2,1-3H3/t29-/m1/s1. The Labute approximate surface area is 273 Å². The minimum Gasteiger partial charge on any atom is -0.489 e. The number of halogens is 2. The number of carbonyl (C=O) groups is 1. The van der Waals surface area contributed by atoms with E-state index in [9.17, 15) is 4.79 Å². The number of piperidine rings is 1. The lowest BCUT2D eigenvalue weighted by molar-refractivity contribution is -0.0853. The molecule has 0 N–H and O–H groups in total. The van der Waals surface area contributed by atoms with Crippen molar-refractivity contribution in [2.45, 2.75) is 57.8 Å². The van der Waals surface area contributed by atoms with Crippen LogP contribution in [0.5, 0.6) is 17.5 Å². The van der Waals surface area contributed by atoms with Crippen molar-refractivity contribution in [3.8, 4) is 17.5 Å². The van der Waals surface area contributed by atoms with E-state index in [1.165, 1.54) is 0 Å². The third kappa shape index (κ3) is 7.59. The van der Waals surface area contributed by atoms with Gasteiger partial charge >= 0.3 is 6.09 Å². The van der Waals surface area contributed by atoms with Crippen LogP contribution >= 0.6 is 0 Å². The number of alkyl halides is 2. The zero-order valence-corrected chi connectivity index (χ0v) is 26.8. The molecule has 0 unspecified atom stereocenters. The number of hydrogen-bond acceptors (Lipinski definition) is 7. The summed E-state index contributed by atoms with van der Waals surface area (Å²) in [6, 6.07) is 28.6. The first-order chi connectivity index (χ1) is 22.6. The molecule has 0 radical (unpaired) electrons. The Kier molecular flexibility index (Phi) is 9.20. The van der Waals surface area contributed by atoms with Gasteiger partial charge in [-0.05, 0) is 50.5 Å². The SMILES string of the molecule is CC(C)(C)OC(=O)N1CC[C@H](c2cccc3c2OCCN3c2ccc(OCc3ccccc3)nc2OCc2ccccc2)C(F)(F)C1. The lowest BCUT2D eigenvalue weighted by Crippen LogP contribution is -2.51. The molecule has 0 bridgehead atoms. The van der Waals surface area contributed by atoms with E-state index in [4.69, 9.17) is 23.9 Å². The van der Waals surface area contributed by atoms with Crippen LogP contribution in [0, 0.1) is 0 Å². The van der Waals surface area contributed by atoms with Crippen LogP contribution in [0.2, 0.25) is 0 Å². The smallest absolute Gasteiger partial charge is 0.410 e. The molecule has 1 fully saturated rings. The largest absolute Gasteiger partial charge is 0.489 e. The van der Waals surface area contributed by atoms with Crippen LogP contribution in [0.4, 0.5) is 25.0 Å². The quantitative estimate of drug-likeness (QED) is 0.192. The molecule has 4 aromatic rings. The normalized spacial score (nSPS) is 17.3. The van der Waals surface area contributed by atoms with E-state index in [1.807, 2.05) is 77.7 Å². The molecule has 1 amide bonds. The van der Waals surface area contributed by atoms with Crippen molar-refractivity contribution in [1.82, 2.24) is 9.88 Å². The van der Waals surface area contributed by atoms with Gasteiger partial charge in [-0.1, -0.05) is 72.8 Å². The lowest BCUT2D eigenvalue weighted by Gasteiger charge is -2.40. The number of pyridine rings is 1. The van der Waals surface area contributed by atoms with Crippen LogP contribution in [0.25, 0.3) is 0 Å². The first-order valence-electron chi connectivity index (χ1n) is 15.8. The molecule has 246 valence electrons. The second kappa shape index (κ2) is 13.5. The molecule has 2 aliphatic rings. The Hall–Kier alpha value is -4.86. The Bertz CT molecular complexity index is 1680. The maximum Gasteiger partial charge on any atom is 0.410 e. The summed E-state index contributed by atoms with van der Waals surface area (Å²) in [5, 5.41) is 0. The number of hydrogen-bond donors (Lipinski definition) is 0. The molecule has 3 heterocycles. The van der Waals surface area contributed by atoms with Gasteiger partial charge in [-0.2, -0.15) is 4.98 Å². The average Bonchev–Trinajstić information content (AvgIpc) is 3.06. The number of anilines is 2. The summed E-state index contributed by atoms with van der Waals surface area (Å²) in [6.07, 6.45) is -0.674. The fraction of sp³-hybridized carbons (Fsp3) is 0.351. The number of aromatic nitrogens is 1. The molecule has 2 aliphatic heterocycles. The average molecular weight is 644 g/mol. The highest BCUT2D eigenvalue weighted by Gasteiger charge is 2.49. The van der Waals surface area contributed by atoms with Gasteiger partial charge in [0.15, 0.2) is 0 Å². The third-order valence-corrected chi connectivity index (χ3v) is 8.06. The van der Waals surface area contributed by atoms with Gasteiger partial charge in [0.25, 0.3) is 5.92 Å². The van der Waals surface area contributed by atoms with Crippen LogP contribution in [-0.2, 0) is 18.0 Å². The van der Waals surface area contributed by atoms with Gasteiger partial charge < -0.3 is 28.7 Å². The molecular weight excluding hydrogens is 604 g/mol. The number of amides is 1. The predicted octanol–water partition coefficient (Wildman–Crippen LogP) is 8.13. The molecular formula is C37H39F2N3O5. The van der Waals surface area contributed by atoms with Crippen molar-refractivity contribution < 1.29 is 32.5 Å². The van der Waals surface area contributed by atoms with Gasteiger partial charge in [0.1, 0.15) is 36.9 Å². The molecule has 0 aliphatic carbocycles. The predicted molar refractivity (Wildman–Crippen MR) is 175 cm³/mol. The van der Waals surface area contributed by atoms with E-state index in [0.29, 0.717) is 47.6 Å². The highest BCUT2D eigenvalue weighted by Crippen LogP contribution is 2.49. The van der Waals surface area contributed by atoms with E-state index in [1.54, 1.807) is 39.0 Å². The van der Waals surface area contributed by atoms with Crippen molar-refractivity contribution in [2.24, 2.45) is 0 Å². The lowest BCUT2D eigenvalue weighted by atomic mass is 9.85. The van der Waals surface area contributed by atoms with Crippen LogP contribution < -0.4 is 19.1 Å². The fourth-order valence-corrected chi connectivity index (χ4v) is 5.87. The van der Waals surface area contributed by atoms with E-state index in [2.05, 4.69) is 0 Å². The number of para-hydroxylation sites is 1. The molecule has 0 spiro atoms. The minimum absolute atomic E-state index is 0.0620. The maximum atomic E-state index is 15.8. The van der Waals surface area contributed by atoms with Crippen molar-refractivity contribution in [3.05, 3.63) is 108 Å². The van der Waals surface area contributed by atoms with Crippen LogP contribution in [0.15, 0.2) is 91.0 Å². The highest BCUT2D eigenvalue weighted by atomic mass is 19.3. The summed E-state index contributed by atoms with van der Waals surface area (Å²) in [6.45, 7) is 5.92. The summed E-state index contributed by atoms with van der Waals surface area (Å²) >= 11 is 0. The van der Waals surface area contributed by atoms with E-state index in [0.717, 1.165) is 16.0 Å². The van der Waals surface area contributed by atoms with Gasteiger partial charge in [0.05, 0.1) is 24.7 Å². The molecule has 1 saturated heterocycles. The monoisotopic (exact) mass is 643 g/mol. The molecule has 0 saturated carbocycles. The van der Waals surface area contributed by atoms with E-state index >= 15 is 8.78 Å². The van der Waals surface area contributed by atoms with Crippen molar-refractivity contribution in [3.63, 3.8) is 0 Å². The van der Waals surface area contributed by atoms with E-state index < -0.39 is 30.1 Å². The zero-order chi connectivity index (χ0) is 33.0. The molecule has 3 aromatic carbocycles. The van der Waals surface area contributed by atoms with Crippen LogP contribution in [0.3, 0.4) is 0 Å². The fourth-order valence-electron chi connectivity index (χ4n) is 5.87. The molecule has 10 heteroatoms. The van der Waals surface area contributed by atoms with Crippen molar-refractivity contribution in [1.29, 1.82) is 0 Å². The topological polar surface area (TPSA) is 73.4 Å². The molecule has 1 atom stereocenters. The second-order valence-electron chi connectivity index (χ2n) is 12.7. The number of fused-ring (bicyclic) bond motifs is 1. The van der Waals surface area contributed by atoms with Gasteiger partial charge in [0, 0.05) is 18.2 Å². The zero-order valence-electron chi connectivity index (χ0n) is 26.8. The number of nitrogens with zero attached hydrogens (tertiary/aromatic N) is 3. The Balaban J connectivity index is 1.28. The molecule has 8 nitrogen and oxygen atoms in total. The van der Waals surface area contributed by atoms with E-state index in [-0.39, 0.29) is 26.2 Å². The number of ether oxygens (including phenoxy) is 4. The summed E-state index contributed by atoms with van der Waals surface area (Å²) in [5.41, 5.74) is 2.92. The Morgan fingerprint density at radius 2 is 1.55 bits per heavy atom. The highest BCUT2D eigenvalue weighted by molar-refractivity contribution is 5.75. The summed E-state index contributed by atoms with van der Waals surface area (Å²) in [4.78, 5) is 20.4. The first kappa shape index (κ1) is 32.1. The van der Waals surface area contributed by atoms with Crippen LogP contribution in [-0.4, -0.2) is 53.7 Å². The van der Waals surface area contributed by atoms with Gasteiger partial charge in [0.2, 0.25) is 11.8 Å². The summed E-state index contributed by atoms with van der Waals surface area (Å²) < 4.78 is 55.4. The third-order valence-electron chi connectivity index (χ3n) is 8.06. The van der Waals surface area contributed by atoms with Gasteiger partial charge in [-0.25, -0.2) is 13.6 Å². The first-order valence-corrected chi connectivity index (χ1v) is 15.8. The minimum atomic E-state index is -3.20. The van der Waals surface area contributed by atoms with Crippen molar-refractivity contribution >= 4 is 17.5 Å². The summed E-state index contributed by atoms with van der Waals surface area (Å²) in [5.74, 6) is -3.18. The van der Waals surface area contributed by atoms with Crippen molar-refractivity contribution in [2.75, 3.05) is 31.1 Å². The number of benzene rings is 3. The number of rotatable bonds is 8. The second-order valence-corrected chi connectivity index (χ2v) is 12.7. The van der Waals surface area contributed by atoms with Gasteiger partial charge in [-0.15, -0.1) is 0 Å². The van der Waals surface area contributed by atoms with Crippen LogP contribution in [0.1, 0.15) is 49.8 Å². The Morgan fingerprint density at radius 1 is 0.872 bits per heavy atom. The number of carbonyl (C=O) groups excluding carboxylic acids is 1. The number of likely N-dealkylation sites (tertiary alicyclic amines) is 1. The maximum absolute atomic E-state index is 15.8.